The van der Waals surface area contributed by atoms with E-state index in [4.69, 9.17) is 30.5 Å². The number of anilines is 1. The maximum atomic E-state index is 13.1. The summed E-state index contributed by atoms with van der Waals surface area (Å²) < 4.78 is 22.4. The Morgan fingerprint density at radius 2 is 1.90 bits per heavy atom. The van der Waals surface area contributed by atoms with Crippen molar-refractivity contribution in [2.45, 2.75) is 25.6 Å². The van der Waals surface area contributed by atoms with Gasteiger partial charge in [0.1, 0.15) is 16.4 Å². The second-order valence-corrected chi connectivity index (χ2v) is 8.98. The number of ether oxygens (including phenoxy) is 4. The van der Waals surface area contributed by atoms with Gasteiger partial charge in [-0.25, -0.2) is 0 Å². The number of nitrogens with one attached hydrogen (secondary N) is 1. The lowest BCUT2D eigenvalue weighted by molar-refractivity contribution is -0.181. The Morgan fingerprint density at radius 1 is 1.19 bits per heavy atom. The number of methoxy groups -OCH3 is 1. The van der Waals surface area contributed by atoms with Crippen LogP contribution in [0.4, 0.5) is 5.69 Å². The minimum Gasteiger partial charge on any atom is -0.496 e. The van der Waals surface area contributed by atoms with E-state index in [0.717, 1.165) is 0 Å². The predicted molar refractivity (Wildman–Crippen MR) is 118 cm³/mol. The van der Waals surface area contributed by atoms with E-state index in [-0.39, 0.29) is 16.8 Å². The lowest BCUT2D eigenvalue weighted by atomic mass is 10.0. The summed E-state index contributed by atoms with van der Waals surface area (Å²) in [5.74, 6) is 0.596. The Kier molecular flexibility index (Phi) is 6.66. The van der Waals surface area contributed by atoms with Gasteiger partial charge in [0.15, 0.2) is 5.79 Å². The van der Waals surface area contributed by atoms with Crippen molar-refractivity contribution in [3.63, 3.8) is 0 Å². The summed E-state index contributed by atoms with van der Waals surface area (Å²) in [6.07, 6.45) is 1.24. The molecule has 2 fully saturated rings. The number of carbonyl (C=O) groups is 2. The molecule has 8 nitrogen and oxygen atoms in total. The van der Waals surface area contributed by atoms with E-state index in [9.17, 15) is 9.59 Å². The molecule has 10 heteroatoms. The summed E-state index contributed by atoms with van der Waals surface area (Å²) in [6.45, 7) is 4.55. The maximum Gasteiger partial charge on any atom is 0.265 e. The SMILES string of the molecule is COc1cc(NC(=O)C2=C(C)OCCS2)c(Cl)cc1C(=O)N1CCC2(CC1)OCCO2. The summed E-state index contributed by atoms with van der Waals surface area (Å²) in [4.78, 5) is 28.1. The first-order valence-corrected chi connectivity index (χ1v) is 11.5. The highest BCUT2D eigenvalue weighted by atomic mass is 35.5. The quantitative estimate of drug-likeness (QED) is 0.725. The first-order chi connectivity index (χ1) is 14.9. The van der Waals surface area contributed by atoms with Gasteiger partial charge >= 0.3 is 0 Å². The fraction of sp³-hybridized carbons (Fsp3) is 0.524. The van der Waals surface area contributed by atoms with E-state index in [0.29, 0.717) is 79.2 Å². The Bertz CT molecular complexity index is 905. The van der Waals surface area contributed by atoms with Gasteiger partial charge in [0.25, 0.3) is 11.8 Å². The van der Waals surface area contributed by atoms with Crippen molar-refractivity contribution in [2.24, 2.45) is 0 Å². The number of amides is 2. The van der Waals surface area contributed by atoms with Crippen LogP contribution >= 0.6 is 23.4 Å². The van der Waals surface area contributed by atoms with Gasteiger partial charge in [-0.1, -0.05) is 11.6 Å². The van der Waals surface area contributed by atoms with Crippen molar-refractivity contribution in [3.05, 3.63) is 33.4 Å². The molecule has 3 heterocycles. The molecule has 0 saturated carbocycles. The number of rotatable bonds is 4. The van der Waals surface area contributed by atoms with Gasteiger partial charge in [-0.05, 0) is 13.0 Å². The monoisotopic (exact) mass is 468 g/mol. The Balaban J connectivity index is 1.50. The number of benzene rings is 1. The van der Waals surface area contributed by atoms with Crippen molar-refractivity contribution >= 4 is 40.9 Å². The number of thioether (sulfide) groups is 1. The highest BCUT2D eigenvalue weighted by Gasteiger charge is 2.41. The van der Waals surface area contributed by atoms with Crippen LogP contribution in [0, 0.1) is 0 Å². The van der Waals surface area contributed by atoms with Gasteiger partial charge in [-0.15, -0.1) is 11.8 Å². The molecule has 1 aromatic carbocycles. The second-order valence-electron chi connectivity index (χ2n) is 7.47. The number of allylic oxidation sites excluding steroid dienone is 1. The van der Waals surface area contributed by atoms with Crippen molar-refractivity contribution in [1.82, 2.24) is 4.90 Å². The number of likely N-dealkylation sites (tertiary alicyclic amines) is 1. The van der Waals surface area contributed by atoms with Gasteiger partial charge in [0, 0.05) is 37.8 Å². The van der Waals surface area contributed by atoms with Gasteiger partial charge in [-0.3, -0.25) is 9.59 Å². The fourth-order valence-electron chi connectivity index (χ4n) is 3.90. The van der Waals surface area contributed by atoms with Crippen molar-refractivity contribution in [2.75, 3.05) is 51.1 Å². The molecule has 0 radical (unpaired) electrons. The molecule has 2 amide bonds. The van der Waals surface area contributed by atoms with Crippen molar-refractivity contribution in [1.29, 1.82) is 0 Å². The van der Waals surface area contributed by atoms with Crippen LogP contribution in [0.5, 0.6) is 5.75 Å². The molecular formula is C21H25ClN2O6S. The third-order valence-corrected chi connectivity index (χ3v) is 7.01. The van der Waals surface area contributed by atoms with Crippen molar-refractivity contribution < 1.29 is 28.5 Å². The fourth-order valence-corrected chi connectivity index (χ4v) is 4.93. The topological polar surface area (TPSA) is 86.3 Å². The molecule has 0 unspecified atom stereocenters. The molecule has 3 aliphatic heterocycles. The van der Waals surface area contributed by atoms with Gasteiger partial charge in [0.2, 0.25) is 0 Å². The van der Waals surface area contributed by atoms with E-state index in [1.165, 1.54) is 24.9 Å². The molecule has 0 aromatic heterocycles. The number of halogens is 1. The molecule has 1 spiro atoms. The smallest absolute Gasteiger partial charge is 0.265 e. The molecule has 168 valence electrons. The van der Waals surface area contributed by atoms with E-state index in [2.05, 4.69) is 5.32 Å². The summed E-state index contributed by atoms with van der Waals surface area (Å²) in [5.41, 5.74) is 0.720. The van der Waals surface area contributed by atoms with Crippen LogP contribution < -0.4 is 10.1 Å². The molecule has 0 bridgehead atoms. The average molecular weight is 469 g/mol. The average Bonchev–Trinajstić information content (AvgIpc) is 3.23. The van der Waals surface area contributed by atoms with Crippen LogP contribution in [0.3, 0.4) is 0 Å². The van der Waals surface area contributed by atoms with E-state index in [1.54, 1.807) is 17.9 Å². The molecule has 1 aromatic rings. The van der Waals surface area contributed by atoms with Gasteiger partial charge < -0.3 is 29.2 Å². The van der Waals surface area contributed by atoms with Crippen LogP contribution in [-0.2, 0) is 19.0 Å². The standard InChI is InChI=1S/C21H25ClN2O6S/c1-13-18(31-10-9-28-13)19(25)23-16-12-17(27-2)14(11-15(16)22)20(26)24-5-3-21(4-6-24)29-7-8-30-21/h11-12H,3-10H2,1-2H3,(H,23,25). The summed E-state index contributed by atoms with van der Waals surface area (Å²) in [7, 11) is 1.48. The van der Waals surface area contributed by atoms with Gasteiger partial charge in [-0.2, -0.15) is 0 Å². The molecule has 2 saturated heterocycles. The first-order valence-electron chi connectivity index (χ1n) is 10.1. The minimum atomic E-state index is -0.555. The Hall–Kier alpha value is -1.94. The molecule has 1 N–H and O–H groups in total. The minimum absolute atomic E-state index is 0.181. The van der Waals surface area contributed by atoms with Crippen molar-refractivity contribution in [3.8, 4) is 5.75 Å². The molecule has 0 atom stereocenters. The van der Waals surface area contributed by atoms with Crippen LogP contribution in [-0.4, -0.2) is 68.3 Å². The Labute approximate surface area is 190 Å². The molecule has 4 rings (SSSR count). The Morgan fingerprint density at radius 3 is 2.55 bits per heavy atom. The summed E-state index contributed by atoms with van der Waals surface area (Å²) in [5, 5.41) is 3.05. The first kappa shape index (κ1) is 22.3. The highest BCUT2D eigenvalue weighted by Crippen LogP contribution is 2.36. The van der Waals surface area contributed by atoms with Crippen LogP contribution in [0.1, 0.15) is 30.1 Å². The number of carbonyl (C=O) groups excluding carboxylic acids is 2. The third-order valence-electron chi connectivity index (χ3n) is 5.57. The molecule has 31 heavy (non-hydrogen) atoms. The normalized spacial score (nSPS) is 20.5. The molecular weight excluding hydrogens is 444 g/mol. The highest BCUT2D eigenvalue weighted by molar-refractivity contribution is 8.04. The lowest BCUT2D eigenvalue weighted by Crippen LogP contribution is -2.47. The maximum absolute atomic E-state index is 13.1. The van der Waals surface area contributed by atoms with Crippen LogP contribution in [0.15, 0.2) is 22.8 Å². The van der Waals surface area contributed by atoms with E-state index < -0.39 is 5.79 Å². The number of hydrogen-bond donors (Lipinski definition) is 1. The molecule has 0 aliphatic carbocycles. The van der Waals surface area contributed by atoms with E-state index >= 15 is 0 Å². The van der Waals surface area contributed by atoms with Crippen LogP contribution in [0.2, 0.25) is 5.02 Å². The zero-order chi connectivity index (χ0) is 22.0. The molecule has 3 aliphatic rings. The number of nitrogens with zero attached hydrogens (tertiary/aromatic N) is 1. The zero-order valence-corrected chi connectivity index (χ0v) is 19.1. The third kappa shape index (κ3) is 4.64. The zero-order valence-electron chi connectivity index (χ0n) is 17.5. The van der Waals surface area contributed by atoms with Gasteiger partial charge in [0.05, 0.1) is 43.2 Å². The second kappa shape index (κ2) is 9.28. The largest absolute Gasteiger partial charge is 0.496 e. The number of hydrogen-bond acceptors (Lipinski definition) is 7. The predicted octanol–water partition coefficient (Wildman–Crippen LogP) is 3.26. The van der Waals surface area contributed by atoms with Crippen LogP contribution in [0.25, 0.3) is 0 Å². The summed E-state index contributed by atoms with van der Waals surface area (Å²) in [6, 6.07) is 3.11. The number of piperidine rings is 1. The summed E-state index contributed by atoms with van der Waals surface area (Å²) >= 11 is 7.86. The lowest BCUT2D eigenvalue weighted by Gasteiger charge is -2.37. The van der Waals surface area contributed by atoms with E-state index in [1.807, 2.05) is 0 Å².